The first-order chi connectivity index (χ1) is 21.5. The molecule has 1 spiro atoms. The van der Waals surface area contributed by atoms with E-state index in [1.165, 1.54) is 13.8 Å². The van der Waals surface area contributed by atoms with Gasteiger partial charge >= 0.3 is 17.9 Å². The molecule has 1 unspecified atom stereocenters. The second-order valence-electron chi connectivity index (χ2n) is 14.2. The summed E-state index contributed by atoms with van der Waals surface area (Å²) in [4.78, 5) is 42.8. The molecule has 1 aromatic carbocycles. The number of para-hydroxylation sites is 1. The van der Waals surface area contributed by atoms with Crippen LogP contribution in [0.2, 0.25) is 0 Å². The Morgan fingerprint density at radius 3 is 2.31 bits per heavy atom. The second kappa shape index (κ2) is 10.4. The van der Waals surface area contributed by atoms with Gasteiger partial charge in [0.25, 0.3) is 0 Å². The van der Waals surface area contributed by atoms with Gasteiger partial charge in [0.05, 0.1) is 17.8 Å². The predicted octanol–water partition coefficient (Wildman–Crippen LogP) is 2.99. The largest absolute Gasteiger partial charge is 0.454 e. The fraction of sp³-hybridized carbons (Fsp3) is 0.735. The zero-order valence-electron chi connectivity index (χ0n) is 27.1. The third kappa shape index (κ3) is 3.64. The summed E-state index contributed by atoms with van der Waals surface area (Å²) in [7, 11) is 5.08. The van der Waals surface area contributed by atoms with Crippen LogP contribution in [0.5, 0.6) is 0 Å². The maximum absolute atomic E-state index is 14.0. The van der Waals surface area contributed by atoms with Gasteiger partial charge in [0, 0.05) is 89.0 Å². The minimum Gasteiger partial charge on any atom is -0.454 e. The van der Waals surface area contributed by atoms with E-state index in [1.54, 1.807) is 45.6 Å². The molecule has 1 aliphatic heterocycles. The Morgan fingerprint density at radius 1 is 0.956 bits per heavy atom. The molecule has 12 atom stereocenters. The molecule has 5 aliphatic carbocycles. The number of piperidine rings is 1. The number of nitrogen functional groups attached to an aromatic ring is 1. The van der Waals surface area contributed by atoms with Gasteiger partial charge in [0.15, 0.2) is 11.2 Å². The van der Waals surface area contributed by atoms with Crippen molar-refractivity contribution in [1.29, 1.82) is 0 Å². The molecule has 45 heavy (non-hydrogen) atoms. The molecule has 0 aromatic heterocycles. The van der Waals surface area contributed by atoms with Gasteiger partial charge in [-0.05, 0) is 44.4 Å². The lowest BCUT2D eigenvalue weighted by atomic mass is 9.43. The van der Waals surface area contributed by atoms with Crippen LogP contribution < -0.4 is 5.73 Å². The van der Waals surface area contributed by atoms with Crippen molar-refractivity contribution in [3.05, 3.63) is 29.8 Å². The van der Waals surface area contributed by atoms with Crippen LogP contribution in [0.3, 0.4) is 0 Å². The molecule has 7 bridgehead atoms. The number of anilines is 1. The summed E-state index contributed by atoms with van der Waals surface area (Å²) in [5.74, 6) is -2.19. The molecule has 1 aromatic rings. The summed E-state index contributed by atoms with van der Waals surface area (Å²) >= 11 is 0. The minimum atomic E-state index is -1.28. The fourth-order valence-electron chi connectivity index (χ4n) is 12.2. The van der Waals surface area contributed by atoms with E-state index >= 15 is 0 Å². The second-order valence-corrected chi connectivity index (χ2v) is 14.2. The molecular formula is C34H46N2O9. The Hall–Kier alpha value is -2.73. The number of carbonyl (C=O) groups excluding carboxylic acids is 3. The number of nitrogens with zero attached hydrogens (tertiary/aromatic N) is 1. The molecule has 1 saturated heterocycles. The molecule has 11 heteroatoms. The normalized spacial score (nSPS) is 45.6. The number of hydrogen-bond acceptors (Lipinski definition) is 11. The third-order valence-electron chi connectivity index (χ3n) is 12.9. The summed E-state index contributed by atoms with van der Waals surface area (Å²) in [6.07, 6.45) is 1.81. The van der Waals surface area contributed by atoms with Crippen molar-refractivity contribution in [2.45, 2.75) is 94.0 Å². The van der Waals surface area contributed by atoms with Crippen LogP contribution in [0.4, 0.5) is 5.69 Å². The quantitative estimate of drug-likeness (QED) is 0.259. The Kier molecular flexibility index (Phi) is 7.13. The molecular weight excluding hydrogens is 580 g/mol. The fourth-order valence-corrected chi connectivity index (χ4v) is 12.2. The van der Waals surface area contributed by atoms with Crippen molar-refractivity contribution in [2.24, 2.45) is 29.1 Å². The lowest BCUT2D eigenvalue weighted by Gasteiger charge is -2.71. The zero-order valence-corrected chi connectivity index (χ0v) is 27.1. The van der Waals surface area contributed by atoms with E-state index in [0.717, 1.165) is 0 Å². The van der Waals surface area contributed by atoms with E-state index < -0.39 is 46.2 Å². The van der Waals surface area contributed by atoms with Crippen molar-refractivity contribution in [3.63, 3.8) is 0 Å². The SMILES string of the molecule is CCN1C[C@]2(OC(=O)c3ccccc3N)CC[C@H](OC)[C@]34C1[C@H](C[C@H]23)[C@@]1(OC(C)=O)C[C@H](OC)[C@H]2C[C@@H]4[C@]1(OC(C)=O)[C@H]2OC. The average molecular weight is 627 g/mol. The standard InChI is InChI=1S/C34H46N2O9/c1-7-36-17-31(45-30(39)20-10-8-9-11-23(20)35)13-12-27(41-5)33-25(31)15-22(28(33)36)32(43-18(2)37)16-24(40-4)21-14-26(33)34(32,29(21)42-6)44-19(3)38/h8-11,21-22,24-29H,7,12-17,35H2,1-6H3/t21-,22+,24+,25-,26+,27+,28?,29+,31-,32+,33+,34+/m1/s1. The van der Waals surface area contributed by atoms with Crippen LogP contribution in [0.15, 0.2) is 24.3 Å². The van der Waals surface area contributed by atoms with Crippen molar-refractivity contribution in [1.82, 2.24) is 4.90 Å². The Morgan fingerprint density at radius 2 is 1.69 bits per heavy atom. The number of rotatable bonds is 8. The Bertz CT molecular complexity index is 1410. The predicted molar refractivity (Wildman–Crippen MR) is 161 cm³/mol. The number of likely N-dealkylation sites (N-methyl/N-ethyl adjacent to an activating group) is 1. The molecule has 0 amide bonds. The Balaban J connectivity index is 1.49. The number of nitrogens with two attached hydrogens (primary N) is 1. The Labute approximate surface area is 264 Å². The van der Waals surface area contributed by atoms with Crippen LogP contribution >= 0.6 is 0 Å². The number of hydrogen-bond donors (Lipinski definition) is 1. The van der Waals surface area contributed by atoms with E-state index in [9.17, 15) is 14.4 Å². The lowest BCUT2D eigenvalue weighted by Crippen LogP contribution is -2.84. The van der Waals surface area contributed by atoms with Gasteiger partial charge in [-0.3, -0.25) is 14.5 Å². The van der Waals surface area contributed by atoms with Gasteiger partial charge in [-0.2, -0.15) is 0 Å². The molecule has 1 heterocycles. The molecule has 246 valence electrons. The number of ether oxygens (including phenoxy) is 6. The van der Waals surface area contributed by atoms with Gasteiger partial charge in [-0.25, -0.2) is 4.79 Å². The van der Waals surface area contributed by atoms with Gasteiger partial charge in [-0.15, -0.1) is 0 Å². The molecule has 2 N–H and O–H groups in total. The van der Waals surface area contributed by atoms with E-state index in [-0.39, 0.29) is 41.9 Å². The van der Waals surface area contributed by atoms with E-state index in [0.29, 0.717) is 56.4 Å². The first kappa shape index (κ1) is 30.9. The highest BCUT2D eigenvalue weighted by molar-refractivity contribution is 5.95. The number of fused-ring (bicyclic) bond motifs is 2. The van der Waals surface area contributed by atoms with E-state index in [4.69, 9.17) is 34.2 Å². The first-order valence-electron chi connectivity index (χ1n) is 16.3. The van der Waals surface area contributed by atoms with Crippen molar-refractivity contribution in [3.8, 4) is 0 Å². The summed E-state index contributed by atoms with van der Waals surface area (Å²) in [5, 5.41) is 0. The van der Waals surface area contributed by atoms with Crippen molar-refractivity contribution < 1.29 is 42.8 Å². The highest BCUT2D eigenvalue weighted by atomic mass is 16.6. The zero-order chi connectivity index (χ0) is 32.1. The first-order valence-corrected chi connectivity index (χ1v) is 16.3. The molecule has 6 fully saturated rings. The van der Waals surface area contributed by atoms with Gasteiger partial charge in [-0.1, -0.05) is 19.1 Å². The minimum absolute atomic E-state index is 0.0775. The van der Waals surface area contributed by atoms with E-state index in [1.807, 2.05) is 0 Å². The summed E-state index contributed by atoms with van der Waals surface area (Å²) < 4.78 is 38.9. The molecule has 6 aliphatic rings. The molecule has 11 nitrogen and oxygen atoms in total. The van der Waals surface area contributed by atoms with Crippen LogP contribution in [0.25, 0.3) is 0 Å². The van der Waals surface area contributed by atoms with Gasteiger partial charge in [0.1, 0.15) is 11.7 Å². The monoisotopic (exact) mass is 626 g/mol. The van der Waals surface area contributed by atoms with Crippen LogP contribution in [0.1, 0.15) is 63.2 Å². The van der Waals surface area contributed by atoms with Crippen molar-refractivity contribution in [2.75, 3.05) is 40.2 Å². The van der Waals surface area contributed by atoms with Gasteiger partial charge < -0.3 is 34.2 Å². The average Bonchev–Trinajstić information content (AvgIpc) is 3.43. The maximum atomic E-state index is 14.0. The topological polar surface area (TPSA) is 136 Å². The number of likely N-dealkylation sites (tertiary alicyclic amines) is 1. The van der Waals surface area contributed by atoms with Crippen molar-refractivity contribution >= 4 is 23.6 Å². The summed E-state index contributed by atoms with van der Waals surface area (Å²) in [5.41, 5.74) is 3.00. The summed E-state index contributed by atoms with van der Waals surface area (Å²) in [6, 6.07) is 6.91. The highest BCUT2D eigenvalue weighted by Gasteiger charge is 2.91. The van der Waals surface area contributed by atoms with Crippen LogP contribution in [-0.4, -0.2) is 98.4 Å². The maximum Gasteiger partial charge on any atom is 0.340 e. The third-order valence-corrected chi connectivity index (χ3v) is 12.9. The lowest BCUT2D eigenvalue weighted by molar-refractivity contribution is -0.341. The molecule has 5 saturated carbocycles. The molecule has 7 rings (SSSR count). The highest BCUT2D eigenvalue weighted by Crippen LogP contribution is 2.80. The van der Waals surface area contributed by atoms with Gasteiger partial charge in [0.2, 0.25) is 0 Å². The number of benzene rings is 1. The number of methoxy groups -OCH3 is 3. The number of esters is 3. The van der Waals surface area contributed by atoms with Crippen LogP contribution in [-0.2, 0) is 38.0 Å². The van der Waals surface area contributed by atoms with E-state index in [2.05, 4.69) is 11.8 Å². The van der Waals surface area contributed by atoms with Crippen LogP contribution in [0, 0.1) is 29.1 Å². The summed E-state index contributed by atoms with van der Waals surface area (Å²) in [6.45, 7) is 6.18. The smallest absolute Gasteiger partial charge is 0.340 e. The number of carbonyl (C=O) groups is 3. The molecule has 0 radical (unpaired) electrons.